The maximum absolute atomic E-state index is 12.9. The number of esters is 1. The van der Waals surface area contributed by atoms with Crippen molar-refractivity contribution in [2.75, 3.05) is 6.61 Å². The summed E-state index contributed by atoms with van der Waals surface area (Å²) < 4.78 is 30.6. The first-order valence-corrected chi connectivity index (χ1v) is 5.50. The topological polar surface area (TPSA) is 26.3 Å². The van der Waals surface area contributed by atoms with Crippen molar-refractivity contribution in [1.82, 2.24) is 0 Å². The summed E-state index contributed by atoms with van der Waals surface area (Å²) in [5.41, 5.74) is 0. The van der Waals surface area contributed by atoms with E-state index in [0.29, 0.717) is 19.4 Å². The summed E-state index contributed by atoms with van der Waals surface area (Å²) in [7, 11) is 0. The number of carbonyl (C=O) groups excluding carboxylic acids is 1. The Balaban J connectivity index is 2.42. The van der Waals surface area contributed by atoms with E-state index < -0.39 is 5.92 Å². The van der Waals surface area contributed by atoms with Crippen LogP contribution in [0.2, 0.25) is 0 Å². The highest BCUT2D eigenvalue weighted by molar-refractivity contribution is 5.72. The Morgan fingerprint density at radius 3 is 2.47 bits per heavy atom. The molecule has 0 aromatic carbocycles. The quantitative estimate of drug-likeness (QED) is 0.683. The normalized spacial score (nSPS) is 23.5. The van der Waals surface area contributed by atoms with E-state index >= 15 is 0 Å². The second-order valence-electron chi connectivity index (χ2n) is 4.23. The van der Waals surface area contributed by atoms with E-state index in [9.17, 15) is 13.6 Å². The van der Waals surface area contributed by atoms with Gasteiger partial charge in [0.2, 0.25) is 5.92 Å². The van der Waals surface area contributed by atoms with Gasteiger partial charge in [-0.25, -0.2) is 8.78 Å². The third-order valence-corrected chi connectivity index (χ3v) is 3.13. The Kier molecular flexibility index (Phi) is 4.05. The number of rotatable bonds is 3. The third-order valence-electron chi connectivity index (χ3n) is 3.13. The van der Waals surface area contributed by atoms with Gasteiger partial charge in [0, 0.05) is 12.8 Å². The summed E-state index contributed by atoms with van der Waals surface area (Å²) in [6.45, 7) is 3.87. The van der Waals surface area contributed by atoms with Crippen molar-refractivity contribution in [1.29, 1.82) is 0 Å². The lowest BCUT2D eigenvalue weighted by Crippen LogP contribution is -2.31. The summed E-state index contributed by atoms with van der Waals surface area (Å²) in [5.74, 6) is -2.97. The van der Waals surface area contributed by atoms with E-state index in [1.807, 2.05) is 0 Å². The fraction of sp³-hybridized carbons (Fsp3) is 0.909. The Bertz CT molecular complexity index is 219. The zero-order valence-electron chi connectivity index (χ0n) is 9.26. The highest BCUT2D eigenvalue weighted by Gasteiger charge is 2.38. The number of hydrogen-bond acceptors (Lipinski definition) is 2. The molecule has 0 heterocycles. The van der Waals surface area contributed by atoms with Crippen LogP contribution in [0.3, 0.4) is 0 Å². The fourth-order valence-corrected chi connectivity index (χ4v) is 2.03. The molecule has 0 aromatic rings. The van der Waals surface area contributed by atoms with E-state index in [1.54, 1.807) is 13.8 Å². The summed E-state index contributed by atoms with van der Waals surface area (Å²) in [6.07, 6.45) is 0.656. The predicted molar refractivity (Wildman–Crippen MR) is 52.7 cm³/mol. The zero-order valence-corrected chi connectivity index (χ0v) is 9.26. The van der Waals surface area contributed by atoms with Crippen LogP contribution < -0.4 is 0 Å². The lowest BCUT2D eigenvalue weighted by molar-refractivity contribution is -0.151. The molecule has 1 aliphatic rings. The first-order valence-electron chi connectivity index (χ1n) is 5.50. The lowest BCUT2D eigenvalue weighted by atomic mass is 9.79. The highest BCUT2D eigenvalue weighted by atomic mass is 19.3. The molecule has 4 heteroatoms. The molecule has 1 unspecified atom stereocenters. The molecule has 1 fully saturated rings. The van der Waals surface area contributed by atoms with Crippen LogP contribution in [0, 0.1) is 11.8 Å². The molecule has 15 heavy (non-hydrogen) atoms. The minimum Gasteiger partial charge on any atom is -0.466 e. The third kappa shape index (κ3) is 3.43. The number of carbonyl (C=O) groups is 1. The molecular formula is C11H18F2O2. The lowest BCUT2D eigenvalue weighted by Gasteiger charge is -2.30. The second kappa shape index (κ2) is 4.90. The Morgan fingerprint density at radius 1 is 1.47 bits per heavy atom. The van der Waals surface area contributed by atoms with E-state index in [1.165, 1.54) is 0 Å². The molecule has 2 nitrogen and oxygen atoms in total. The van der Waals surface area contributed by atoms with Gasteiger partial charge in [0.15, 0.2) is 0 Å². The van der Waals surface area contributed by atoms with Crippen LogP contribution in [-0.2, 0) is 9.53 Å². The molecule has 0 N–H and O–H groups in total. The molecule has 0 aliphatic heterocycles. The van der Waals surface area contributed by atoms with Crippen molar-refractivity contribution >= 4 is 5.97 Å². The van der Waals surface area contributed by atoms with Crippen LogP contribution >= 0.6 is 0 Å². The van der Waals surface area contributed by atoms with Crippen molar-refractivity contribution in [3.05, 3.63) is 0 Å². The van der Waals surface area contributed by atoms with Crippen LogP contribution in [0.25, 0.3) is 0 Å². The largest absolute Gasteiger partial charge is 0.466 e. The van der Waals surface area contributed by atoms with Gasteiger partial charge in [0.05, 0.1) is 12.5 Å². The summed E-state index contributed by atoms with van der Waals surface area (Å²) >= 11 is 0. The van der Waals surface area contributed by atoms with Gasteiger partial charge in [-0.2, -0.15) is 0 Å². The SMILES string of the molecule is CCOC(=O)C(C)C1CCC(F)(F)CC1. The Hall–Kier alpha value is -0.670. The molecule has 1 saturated carbocycles. The van der Waals surface area contributed by atoms with Gasteiger partial charge in [-0.15, -0.1) is 0 Å². The van der Waals surface area contributed by atoms with Crippen LogP contribution in [0.15, 0.2) is 0 Å². The first kappa shape index (κ1) is 12.4. The monoisotopic (exact) mass is 220 g/mol. The van der Waals surface area contributed by atoms with Crippen LogP contribution in [-0.4, -0.2) is 18.5 Å². The van der Waals surface area contributed by atoms with Gasteiger partial charge in [0.1, 0.15) is 0 Å². The Labute approximate surface area is 89.0 Å². The van der Waals surface area contributed by atoms with Gasteiger partial charge >= 0.3 is 5.97 Å². The summed E-state index contributed by atoms with van der Waals surface area (Å²) in [5, 5.41) is 0. The minimum absolute atomic E-state index is 0.0590. The van der Waals surface area contributed by atoms with E-state index in [2.05, 4.69) is 0 Å². The number of halogens is 2. The molecular weight excluding hydrogens is 202 g/mol. The molecule has 0 radical (unpaired) electrons. The molecule has 0 aromatic heterocycles. The van der Waals surface area contributed by atoms with Crippen molar-refractivity contribution in [3.8, 4) is 0 Å². The fourth-order valence-electron chi connectivity index (χ4n) is 2.03. The van der Waals surface area contributed by atoms with Crippen molar-refractivity contribution in [3.63, 3.8) is 0 Å². The van der Waals surface area contributed by atoms with Crippen LogP contribution in [0.5, 0.6) is 0 Å². The number of alkyl halides is 2. The van der Waals surface area contributed by atoms with E-state index in [0.717, 1.165) is 0 Å². The summed E-state index contributed by atoms with van der Waals surface area (Å²) in [4.78, 5) is 11.4. The Morgan fingerprint density at radius 2 is 2.00 bits per heavy atom. The highest BCUT2D eigenvalue weighted by Crippen LogP contribution is 2.39. The average Bonchev–Trinajstić information content (AvgIpc) is 2.17. The molecule has 0 amide bonds. The van der Waals surface area contributed by atoms with Gasteiger partial charge in [-0.1, -0.05) is 6.92 Å². The van der Waals surface area contributed by atoms with Crippen molar-refractivity contribution in [2.45, 2.75) is 45.5 Å². The summed E-state index contributed by atoms with van der Waals surface area (Å²) in [6, 6.07) is 0. The smallest absolute Gasteiger partial charge is 0.308 e. The average molecular weight is 220 g/mol. The molecule has 0 spiro atoms. The first-order chi connectivity index (χ1) is 6.96. The second-order valence-corrected chi connectivity index (χ2v) is 4.23. The molecule has 0 bridgehead atoms. The number of hydrogen-bond donors (Lipinski definition) is 0. The van der Waals surface area contributed by atoms with Crippen molar-refractivity contribution < 1.29 is 18.3 Å². The van der Waals surface area contributed by atoms with Gasteiger partial charge < -0.3 is 4.74 Å². The maximum atomic E-state index is 12.9. The van der Waals surface area contributed by atoms with Gasteiger partial charge in [-0.05, 0) is 25.7 Å². The van der Waals surface area contributed by atoms with Gasteiger partial charge in [-0.3, -0.25) is 4.79 Å². The molecule has 88 valence electrons. The molecule has 0 saturated heterocycles. The van der Waals surface area contributed by atoms with Crippen molar-refractivity contribution in [2.24, 2.45) is 11.8 Å². The molecule has 1 aliphatic carbocycles. The standard InChI is InChI=1S/C11H18F2O2/c1-3-15-10(14)8(2)9-4-6-11(12,13)7-5-9/h8-9H,3-7H2,1-2H3. The van der Waals surface area contributed by atoms with Crippen LogP contribution in [0.1, 0.15) is 39.5 Å². The van der Waals surface area contributed by atoms with E-state index in [-0.39, 0.29) is 30.6 Å². The zero-order chi connectivity index (χ0) is 11.5. The van der Waals surface area contributed by atoms with Crippen LogP contribution in [0.4, 0.5) is 8.78 Å². The number of ether oxygens (including phenoxy) is 1. The molecule has 1 rings (SSSR count). The minimum atomic E-state index is -2.52. The predicted octanol–water partition coefficient (Wildman–Crippen LogP) is 3.01. The van der Waals surface area contributed by atoms with Gasteiger partial charge in [0.25, 0.3) is 0 Å². The molecule has 1 atom stereocenters. The maximum Gasteiger partial charge on any atom is 0.308 e. The van der Waals surface area contributed by atoms with E-state index in [4.69, 9.17) is 4.74 Å².